The normalized spacial score (nSPS) is 15.1. The molecule has 0 aliphatic rings. The first-order chi connectivity index (χ1) is 7.52. The van der Waals surface area contributed by atoms with Gasteiger partial charge in [-0.1, -0.05) is 48.0 Å². The molecule has 2 atom stereocenters. The molecule has 3 heteroatoms. The van der Waals surface area contributed by atoms with Gasteiger partial charge in [-0.2, -0.15) is 0 Å². The molecule has 2 nitrogen and oxygen atoms in total. The van der Waals surface area contributed by atoms with E-state index in [2.05, 4.69) is 35.8 Å². The average Bonchev–Trinajstić information content (AvgIpc) is 2.20. The molecule has 0 fully saturated rings. The van der Waals surface area contributed by atoms with E-state index in [-0.39, 0.29) is 12.1 Å². The SMILES string of the molecule is CC(C)COC(c1ccccc1Br)C(C)N. The Morgan fingerprint density at radius 2 is 1.88 bits per heavy atom. The molecule has 0 heterocycles. The van der Waals surface area contributed by atoms with E-state index in [1.807, 2.05) is 25.1 Å². The Morgan fingerprint density at radius 3 is 2.38 bits per heavy atom. The molecule has 0 aromatic heterocycles. The quantitative estimate of drug-likeness (QED) is 0.899. The number of halogens is 1. The van der Waals surface area contributed by atoms with Crippen molar-refractivity contribution in [1.82, 2.24) is 0 Å². The largest absolute Gasteiger partial charge is 0.372 e. The molecule has 1 rings (SSSR count). The molecule has 2 unspecified atom stereocenters. The highest BCUT2D eigenvalue weighted by molar-refractivity contribution is 9.10. The first kappa shape index (κ1) is 13.7. The van der Waals surface area contributed by atoms with Crippen molar-refractivity contribution in [3.8, 4) is 0 Å². The van der Waals surface area contributed by atoms with Gasteiger partial charge in [0, 0.05) is 17.1 Å². The lowest BCUT2D eigenvalue weighted by Gasteiger charge is -2.24. The molecule has 16 heavy (non-hydrogen) atoms. The number of rotatable bonds is 5. The van der Waals surface area contributed by atoms with E-state index in [4.69, 9.17) is 10.5 Å². The van der Waals surface area contributed by atoms with Gasteiger partial charge in [0.05, 0.1) is 6.10 Å². The lowest BCUT2D eigenvalue weighted by atomic mass is 10.0. The summed E-state index contributed by atoms with van der Waals surface area (Å²) in [5.41, 5.74) is 7.10. The molecule has 0 amide bonds. The van der Waals surface area contributed by atoms with E-state index >= 15 is 0 Å². The first-order valence-corrected chi connectivity index (χ1v) is 6.43. The second-order valence-corrected chi connectivity index (χ2v) is 5.38. The molecule has 0 spiro atoms. The number of benzene rings is 1. The second kappa shape index (κ2) is 6.38. The monoisotopic (exact) mass is 285 g/mol. The Balaban J connectivity index is 2.82. The van der Waals surface area contributed by atoms with Crippen molar-refractivity contribution in [3.63, 3.8) is 0 Å². The minimum absolute atomic E-state index is 0.0163. The summed E-state index contributed by atoms with van der Waals surface area (Å²) in [5.74, 6) is 0.517. The van der Waals surface area contributed by atoms with Gasteiger partial charge in [0.2, 0.25) is 0 Å². The Labute approximate surface area is 106 Å². The van der Waals surface area contributed by atoms with Gasteiger partial charge in [0.25, 0.3) is 0 Å². The van der Waals surface area contributed by atoms with Crippen molar-refractivity contribution in [2.75, 3.05) is 6.61 Å². The van der Waals surface area contributed by atoms with Gasteiger partial charge in [-0.05, 0) is 24.5 Å². The third-order valence-electron chi connectivity index (χ3n) is 2.30. The molecule has 0 saturated carbocycles. The number of nitrogens with two attached hydrogens (primary N) is 1. The third kappa shape index (κ3) is 3.89. The number of hydrogen-bond acceptors (Lipinski definition) is 2. The summed E-state index contributed by atoms with van der Waals surface area (Å²) in [6.45, 7) is 6.98. The Bertz CT molecular complexity index is 325. The van der Waals surface area contributed by atoms with Gasteiger partial charge >= 0.3 is 0 Å². The molecular formula is C13H20BrNO. The molecule has 2 N–H and O–H groups in total. The number of ether oxygens (including phenoxy) is 1. The van der Waals surface area contributed by atoms with Crippen LogP contribution in [-0.2, 0) is 4.74 Å². The zero-order valence-corrected chi connectivity index (χ0v) is 11.7. The summed E-state index contributed by atoms with van der Waals surface area (Å²) < 4.78 is 6.93. The zero-order chi connectivity index (χ0) is 12.1. The summed E-state index contributed by atoms with van der Waals surface area (Å²) in [7, 11) is 0. The first-order valence-electron chi connectivity index (χ1n) is 5.64. The van der Waals surface area contributed by atoms with Crippen LogP contribution in [0.4, 0.5) is 0 Å². The smallest absolute Gasteiger partial charge is 0.0983 e. The maximum Gasteiger partial charge on any atom is 0.0983 e. The minimum Gasteiger partial charge on any atom is -0.372 e. The van der Waals surface area contributed by atoms with Crippen molar-refractivity contribution < 1.29 is 4.74 Å². The van der Waals surface area contributed by atoms with Crippen molar-refractivity contribution in [3.05, 3.63) is 34.3 Å². The summed E-state index contributed by atoms with van der Waals surface area (Å²) in [6.07, 6.45) is -0.0435. The summed E-state index contributed by atoms with van der Waals surface area (Å²) in [4.78, 5) is 0. The van der Waals surface area contributed by atoms with E-state index < -0.39 is 0 Å². The maximum atomic E-state index is 5.98. The Kier molecular flexibility index (Phi) is 5.46. The van der Waals surface area contributed by atoms with Crippen LogP contribution in [0.5, 0.6) is 0 Å². The molecule has 0 radical (unpaired) electrons. The molecule has 1 aromatic rings. The fraction of sp³-hybridized carbons (Fsp3) is 0.538. The van der Waals surface area contributed by atoms with Crippen LogP contribution in [0.15, 0.2) is 28.7 Å². The van der Waals surface area contributed by atoms with E-state index in [9.17, 15) is 0 Å². The van der Waals surface area contributed by atoms with Crippen LogP contribution in [-0.4, -0.2) is 12.6 Å². The molecule has 0 saturated heterocycles. The van der Waals surface area contributed by atoms with E-state index in [0.717, 1.165) is 16.6 Å². The Hall–Kier alpha value is -0.380. The summed E-state index contributed by atoms with van der Waals surface area (Å²) in [6, 6.07) is 8.06. The molecule has 0 aliphatic heterocycles. The lowest BCUT2D eigenvalue weighted by Crippen LogP contribution is -2.28. The highest BCUT2D eigenvalue weighted by Crippen LogP contribution is 2.28. The van der Waals surface area contributed by atoms with Crippen LogP contribution >= 0.6 is 15.9 Å². The second-order valence-electron chi connectivity index (χ2n) is 4.53. The fourth-order valence-electron chi connectivity index (χ4n) is 1.53. The lowest BCUT2D eigenvalue weighted by molar-refractivity contribution is 0.0217. The van der Waals surface area contributed by atoms with Gasteiger partial charge in [-0.25, -0.2) is 0 Å². The molecule has 90 valence electrons. The van der Waals surface area contributed by atoms with Gasteiger partial charge in [0.1, 0.15) is 0 Å². The van der Waals surface area contributed by atoms with Gasteiger partial charge in [0.15, 0.2) is 0 Å². The van der Waals surface area contributed by atoms with E-state index in [1.165, 1.54) is 0 Å². The standard InChI is InChI=1S/C13H20BrNO/c1-9(2)8-16-13(10(3)15)11-6-4-5-7-12(11)14/h4-7,9-10,13H,8,15H2,1-3H3. The van der Waals surface area contributed by atoms with Crippen LogP contribution < -0.4 is 5.73 Å². The van der Waals surface area contributed by atoms with Gasteiger partial charge in [-0.3, -0.25) is 0 Å². The number of hydrogen-bond donors (Lipinski definition) is 1. The van der Waals surface area contributed by atoms with Crippen molar-refractivity contribution in [1.29, 1.82) is 0 Å². The van der Waals surface area contributed by atoms with Crippen molar-refractivity contribution in [2.45, 2.75) is 32.9 Å². The maximum absolute atomic E-state index is 5.98. The topological polar surface area (TPSA) is 35.2 Å². The molecule has 0 aliphatic carbocycles. The average molecular weight is 286 g/mol. The zero-order valence-electron chi connectivity index (χ0n) is 10.1. The van der Waals surface area contributed by atoms with Crippen molar-refractivity contribution in [2.24, 2.45) is 11.7 Å². The highest BCUT2D eigenvalue weighted by atomic mass is 79.9. The van der Waals surface area contributed by atoms with E-state index in [0.29, 0.717) is 5.92 Å². The third-order valence-corrected chi connectivity index (χ3v) is 3.02. The molecule has 0 bridgehead atoms. The predicted molar refractivity (Wildman–Crippen MR) is 71.3 cm³/mol. The molecular weight excluding hydrogens is 266 g/mol. The van der Waals surface area contributed by atoms with Crippen LogP contribution in [0, 0.1) is 5.92 Å². The van der Waals surface area contributed by atoms with E-state index in [1.54, 1.807) is 0 Å². The van der Waals surface area contributed by atoms with Gasteiger partial charge in [-0.15, -0.1) is 0 Å². The minimum atomic E-state index is -0.0435. The van der Waals surface area contributed by atoms with Crippen LogP contribution in [0.2, 0.25) is 0 Å². The van der Waals surface area contributed by atoms with Crippen LogP contribution in [0.3, 0.4) is 0 Å². The van der Waals surface area contributed by atoms with Crippen LogP contribution in [0.25, 0.3) is 0 Å². The van der Waals surface area contributed by atoms with Gasteiger partial charge < -0.3 is 10.5 Å². The predicted octanol–water partition coefficient (Wildman–Crippen LogP) is 3.51. The molecule has 1 aromatic carbocycles. The van der Waals surface area contributed by atoms with Crippen molar-refractivity contribution >= 4 is 15.9 Å². The Morgan fingerprint density at radius 1 is 1.25 bits per heavy atom. The van der Waals surface area contributed by atoms with Crippen LogP contribution in [0.1, 0.15) is 32.4 Å². The summed E-state index contributed by atoms with van der Waals surface area (Å²) >= 11 is 3.54. The summed E-state index contributed by atoms with van der Waals surface area (Å²) in [5, 5.41) is 0. The highest BCUT2D eigenvalue weighted by Gasteiger charge is 2.19. The fourth-order valence-corrected chi connectivity index (χ4v) is 2.04.